The molecule has 1 aromatic carbocycles. The summed E-state index contributed by atoms with van der Waals surface area (Å²) in [6.07, 6.45) is 6.21. The molecule has 2 rings (SSSR count). The van der Waals surface area contributed by atoms with E-state index in [0.717, 1.165) is 12.3 Å². The van der Waals surface area contributed by atoms with Crippen LogP contribution in [0.5, 0.6) is 0 Å². The van der Waals surface area contributed by atoms with E-state index in [2.05, 4.69) is 16.2 Å². The summed E-state index contributed by atoms with van der Waals surface area (Å²) < 4.78 is 0. The topological polar surface area (TPSA) is 85.1 Å². The highest BCUT2D eigenvalue weighted by Gasteiger charge is 2.21. The molecule has 0 spiro atoms. The van der Waals surface area contributed by atoms with Crippen LogP contribution in [0.1, 0.15) is 15.9 Å². The first-order valence-corrected chi connectivity index (χ1v) is 6.07. The lowest BCUT2D eigenvalue weighted by atomic mass is 10.2. The Morgan fingerprint density at radius 1 is 1.43 bits per heavy atom. The van der Waals surface area contributed by atoms with Gasteiger partial charge in [0.15, 0.2) is 0 Å². The summed E-state index contributed by atoms with van der Waals surface area (Å²) in [7, 11) is 0. The summed E-state index contributed by atoms with van der Waals surface area (Å²) in [6.45, 7) is 0. The third-order valence-corrected chi connectivity index (χ3v) is 2.78. The Morgan fingerprint density at radius 2 is 2.19 bits per heavy atom. The SMILES string of the molecule is C#Cc1cccc(NC(=O)c2cc(Cl)ncc2[N+](=O)[O-])c1. The van der Waals surface area contributed by atoms with Gasteiger partial charge in [-0.05, 0) is 24.3 Å². The van der Waals surface area contributed by atoms with E-state index in [1.807, 2.05) is 0 Å². The smallest absolute Gasteiger partial charge is 0.300 e. The lowest BCUT2D eigenvalue weighted by Gasteiger charge is -2.06. The van der Waals surface area contributed by atoms with E-state index in [9.17, 15) is 14.9 Å². The van der Waals surface area contributed by atoms with Crippen LogP contribution in [0.4, 0.5) is 11.4 Å². The third kappa shape index (κ3) is 3.35. The van der Waals surface area contributed by atoms with Gasteiger partial charge in [0.1, 0.15) is 16.9 Å². The molecule has 1 amide bonds. The Labute approximate surface area is 124 Å². The Hall–Kier alpha value is -2.91. The number of carbonyl (C=O) groups excluding carboxylic acids is 1. The van der Waals surface area contributed by atoms with Crippen LogP contribution in [0.3, 0.4) is 0 Å². The number of nitrogens with zero attached hydrogens (tertiary/aromatic N) is 2. The van der Waals surface area contributed by atoms with Crippen LogP contribution >= 0.6 is 11.6 Å². The zero-order chi connectivity index (χ0) is 15.4. The zero-order valence-corrected chi connectivity index (χ0v) is 11.3. The number of carbonyl (C=O) groups is 1. The molecule has 0 radical (unpaired) electrons. The number of terminal acetylenes is 1. The highest BCUT2D eigenvalue weighted by atomic mass is 35.5. The molecule has 0 atom stereocenters. The van der Waals surface area contributed by atoms with Crippen molar-refractivity contribution in [3.05, 3.63) is 62.9 Å². The quantitative estimate of drug-likeness (QED) is 0.409. The third-order valence-electron chi connectivity index (χ3n) is 2.58. The lowest BCUT2D eigenvalue weighted by Crippen LogP contribution is -2.14. The number of rotatable bonds is 3. The van der Waals surface area contributed by atoms with Crippen molar-refractivity contribution in [2.45, 2.75) is 0 Å². The maximum absolute atomic E-state index is 12.1. The van der Waals surface area contributed by atoms with Crippen molar-refractivity contribution < 1.29 is 9.72 Å². The summed E-state index contributed by atoms with van der Waals surface area (Å²) in [5, 5.41) is 13.4. The Kier molecular flexibility index (Phi) is 4.16. The second kappa shape index (κ2) is 6.03. The number of hydrogen-bond acceptors (Lipinski definition) is 4. The molecule has 0 aliphatic rings. The Morgan fingerprint density at radius 3 is 2.86 bits per heavy atom. The van der Waals surface area contributed by atoms with Gasteiger partial charge in [0.05, 0.1) is 4.92 Å². The van der Waals surface area contributed by atoms with Crippen LogP contribution in [0, 0.1) is 22.5 Å². The van der Waals surface area contributed by atoms with Crippen molar-refractivity contribution in [1.29, 1.82) is 0 Å². The van der Waals surface area contributed by atoms with Gasteiger partial charge in [-0.1, -0.05) is 23.6 Å². The van der Waals surface area contributed by atoms with Gasteiger partial charge in [0.25, 0.3) is 11.6 Å². The first-order chi connectivity index (χ1) is 10.0. The minimum absolute atomic E-state index is 0.0110. The van der Waals surface area contributed by atoms with Crippen LogP contribution in [0.2, 0.25) is 5.15 Å². The maximum Gasteiger partial charge on any atom is 0.300 e. The average Bonchev–Trinajstić information content (AvgIpc) is 2.47. The molecule has 1 heterocycles. The van der Waals surface area contributed by atoms with E-state index >= 15 is 0 Å². The normalized spacial score (nSPS) is 9.71. The Bertz CT molecular complexity index is 768. The molecule has 104 valence electrons. The predicted molar refractivity (Wildman–Crippen MR) is 78.2 cm³/mol. The summed E-state index contributed by atoms with van der Waals surface area (Å²) in [6, 6.07) is 7.69. The van der Waals surface area contributed by atoms with Gasteiger partial charge < -0.3 is 5.32 Å². The fraction of sp³-hybridized carbons (Fsp3) is 0. The first-order valence-electron chi connectivity index (χ1n) is 5.69. The summed E-state index contributed by atoms with van der Waals surface area (Å²) in [5.74, 6) is 1.76. The standard InChI is InChI=1S/C14H8ClN3O3/c1-2-9-4-3-5-10(6-9)17-14(19)11-7-13(15)16-8-12(11)18(20)21/h1,3-8H,(H,17,19). The highest BCUT2D eigenvalue weighted by molar-refractivity contribution is 6.30. The van der Waals surface area contributed by atoms with E-state index in [-0.39, 0.29) is 10.7 Å². The molecule has 6 nitrogen and oxygen atoms in total. The van der Waals surface area contributed by atoms with Crippen molar-refractivity contribution >= 4 is 28.9 Å². The number of amides is 1. The van der Waals surface area contributed by atoms with Gasteiger partial charge in [-0.2, -0.15) is 0 Å². The van der Waals surface area contributed by atoms with Crippen LogP contribution in [-0.4, -0.2) is 15.8 Å². The molecule has 0 bridgehead atoms. The maximum atomic E-state index is 12.1. The minimum Gasteiger partial charge on any atom is -0.322 e. The molecule has 0 unspecified atom stereocenters. The summed E-state index contributed by atoms with van der Waals surface area (Å²) in [4.78, 5) is 25.9. The van der Waals surface area contributed by atoms with Crippen molar-refractivity contribution in [2.75, 3.05) is 5.32 Å². The number of nitro groups is 1. The van der Waals surface area contributed by atoms with Gasteiger partial charge in [-0.15, -0.1) is 6.42 Å². The molecule has 7 heteroatoms. The van der Waals surface area contributed by atoms with E-state index in [4.69, 9.17) is 18.0 Å². The van der Waals surface area contributed by atoms with E-state index in [0.29, 0.717) is 11.3 Å². The zero-order valence-electron chi connectivity index (χ0n) is 10.5. The van der Waals surface area contributed by atoms with Crippen LogP contribution < -0.4 is 5.32 Å². The number of nitrogens with one attached hydrogen (secondary N) is 1. The number of aromatic nitrogens is 1. The predicted octanol–water partition coefficient (Wildman–Crippen LogP) is 2.88. The second-order valence-electron chi connectivity index (χ2n) is 3.96. The number of halogens is 1. The molecule has 0 saturated carbocycles. The largest absolute Gasteiger partial charge is 0.322 e. The van der Waals surface area contributed by atoms with Gasteiger partial charge >= 0.3 is 0 Å². The lowest BCUT2D eigenvalue weighted by molar-refractivity contribution is -0.385. The average molecular weight is 302 g/mol. The van der Waals surface area contributed by atoms with Gasteiger partial charge in [-0.25, -0.2) is 4.98 Å². The monoisotopic (exact) mass is 301 g/mol. The molecule has 0 fully saturated rings. The summed E-state index contributed by atoms with van der Waals surface area (Å²) in [5.41, 5.74) is 0.406. The molecule has 21 heavy (non-hydrogen) atoms. The molecule has 0 aliphatic carbocycles. The molecule has 0 aliphatic heterocycles. The van der Waals surface area contributed by atoms with E-state index in [1.165, 1.54) is 0 Å². The van der Waals surface area contributed by atoms with E-state index < -0.39 is 16.5 Å². The second-order valence-corrected chi connectivity index (χ2v) is 4.35. The molecule has 0 saturated heterocycles. The minimum atomic E-state index is -0.698. The number of pyridine rings is 1. The van der Waals surface area contributed by atoms with Crippen LogP contribution in [0.15, 0.2) is 36.5 Å². The van der Waals surface area contributed by atoms with Gasteiger partial charge in [-0.3, -0.25) is 14.9 Å². The fourth-order valence-electron chi connectivity index (χ4n) is 1.64. The first kappa shape index (κ1) is 14.5. The number of hydrogen-bond donors (Lipinski definition) is 1. The molecular weight excluding hydrogens is 294 g/mol. The van der Waals surface area contributed by atoms with Crippen molar-refractivity contribution in [3.63, 3.8) is 0 Å². The Balaban J connectivity index is 2.34. The van der Waals surface area contributed by atoms with Crippen LogP contribution in [0.25, 0.3) is 0 Å². The fourth-order valence-corrected chi connectivity index (χ4v) is 1.79. The molecule has 2 aromatic rings. The molecule has 1 aromatic heterocycles. The number of benzene rings is 1. The van der Waals surface area contributed by atoms with Gasteiger partial charge in [0.2, 0.25) is 0 Å². The van der Waals surface area contributed by atoms with Crippen molar-refractivity contribution in [2.24, 2.45) is 0 Å². The molecule has 1 N–H and O–H groups in total. The molecular formula is C14H8ClN3O3. The van der Waals surface area contributed by atoms with E-state index in [1.54, 1.807) is 24.3 Å². The van der Waals surface area contributed by atoms with Gasteiger partial charge in [0, 0.05) is 11.3 Å². The van der Waals surface area contributed by atoms with Crippen molar-refractivity contribution in [3.8, 4) is 12.3 Å². The van der Waals surface area contributed by atoms with Crippen molar-refractivity contribution in [1.82, 2.24) is 4.98 Å². The number of anilines is 1. The summed E-state index contributed by atoms with van der Waals surface area (Å²) >= 11 is 5.68. The van der Waals surface area contributed by atoms with Crippen LogP contribution in [-0.2, 0) is 0 Å². The highest BCUT2D eigenvalue weighted by Crippen LogP contribution is 2.22.